The first kappa shape index (κ1) is 33.1. The Morgan fingerprint density at radius 2 is 1.56 bits per heavy atom. The maximum absolute atomic E-state index is 15.3. The Kier molecular flexibility index (Phi) is 10.0. The molecule has 1 saturated heterocycles. The van der Waals surface area contributed by atoms with Crippen molar-refractivity contribution in [2.75, 3.05) is 64.1 Å². The highest BCUT2D eigenvalue weighted by molar-refractivity contribution is 6.15. The summed E-state index contributed by atoms with van der Waals surface area (Å²) in [6.45, 7) is 5.74. The van der Waals surface area contributed by atoms with Crippen molar-refractivity contribution in [1.82, 2.24) is 14.8 Å². The van der Waals surface area contributed by atoms with Crippen LogP contribution in [0.1, 0.15) is 25.7 Å². The number of hydrogen-bond donors (Lipinski definition) is 2. The molecule has 12 heteroatoms. The van der Waals surface area contributed by atoms with E-state index in [0.717, 1.165) is 45.2 Å². The molecule has 1 aromatic heterocycles. The number of nitrogens with one attached hydrogen (secondary N) is 2. The summed E-state index contributed by atoms with van der Waals surface area (Å²) >= 11 is 0. The maximum atomic E-state index is 15.3. The van der Waals surface area contributed by atoms with Gasteiger partial charge in [-0.05, 0) is 74.8 Å². The van der Waals surface area contributed by atoms with E-state index in [-0.39, 0.29) is 11.4 Å². The Morgan fingerprint density at radius 3 is 2.23 bits per heavy atom. The summed E-state index contributed by atoms with van der Waals surface area (Å²) in [6, 6.07) is 14.6. The molecular formula is C36H39F2N5O5. The highest BCUT2D eigenvalue weighted by atomic mass is 19.1. The van der Waals surface area contributed by atoms with Crippen molar-refractivity contribution < 1.29 is 32.6 Å². The van der Waals surface area contributed by atoms with Gasteiger partial charge in [0, 0.05) is 67.8 Å². The number of anilines is 2. The van der Waals surface area contributed by atoms with Crippen LogP contribution in [0.4, 0.5) is 20.2 Å². The standard InChI is InChI=1S/C36H39F2N5O5/c1-42-16-18-43(19-17-42)15-4-20-47-33-23-29-27(22-32(33)46-2)30(11-14-39-29)48-31-10-9-26(21-28(31)38)41-35(45)36(12-3-13-36)34(44)40-25-7-5-24(37)6-8-25/h5-11,14,21-23H,3-4,12-13,15-20H2,1-2H3,(H,40,44)(H,41,45). The lowest BCUT2D eigenvalue weighted by atomic mass is 9.67. The number of hydrogen-bond acceptors (Lipinski definition) is 8. The van der Waals surface area contributed by atoms with Crippen molar-refractivity contribution in [2.24, 2.45) is 5.41 Å². The molecule has 4 aromatic rings. The van der Waals surface area contributed by atoms with E-state index in [2.05, 4.69) is 32.5 Å². The van der Waals surface area contributed by atoms with Crippen molar-refractivity contribution in [2.45, 2.75) is 25.7 Å². The number of rotatable bonds is 12. The number of fused-ring (bicyclic) bond motifs is 1. The molecule has 10 nitrogen and oxygen atoms in total. The Labute approximate surface area is 278 Å². The summed E-state index contributed by atoms with van der Waals surface area (Å²) in [5.41, 5.74) is -0.144. The van der Waals surface area contributed by atoms with Crippen LogP contribution in [-0.2, 0) is 9.59 Å². The molecule has 1 aliphatic carbocycles. The highest BCUT2D eigenvalue weighted by Gasteiger charge is 2.51. The SMILES string of the molecule is COc1cc2c(Oc3ccc(NC(=O)C4(C(=O)Nc5ccc(F)cc5)CCC4)cc3F)ccnc2cc1OCCCN1CCN(C)CC1. The number of likely N-dealkylation sites (N-methyl/N-ethyl adjacent to an activating group) is 1. The van der Waals surface area contributed by atoms with Gasteiger partial charge < -0.3 is 34.6 Å². The van der Waals surface area contributed by atoms with Gasteiger partial charge in [-0.2, -0.15) is 0 Å². The average molecular weight is 660 g/mol. The van der Waals surface area contributed by atoms with Gasteiger partial charge in [0.05, 0.1) is 19.2 Å². The van der Waals surface area contributed by atoms with E-state index < -0.39 is 28.9 Å². The first-order valence-electron chi connectivity index (χ1n) is 16.1. The zero-order valence-electron chi connectivity index (χ0n) is 27.1. The van der Waals surface area contributed by atoms with Gasteiger partial charge >= 0.3 is 0 Å². The van der Waals surface area contributed by atoms with Crippen molar-refractivity contribution in [3.8, 4) is 23.0 Å². The van der Waals surface area contributed by atoms with Gasteiger partial charge in [-0.25, -0.2) is 8.78 Å². The molecule has 3 aromatic carbocycles. The first-order chi connectivity index (χ1) is 23.2. The quantitative estimate of drug-likeness (QED) is 0.139. The number of piperazine rings is 1. The number of methoxy groups -OCH3 is 1. The van der Waals surface area contributed by atoms with Gasteiger partial charge in [0.1, 0.15) is 17.0 Å². The largest absolute Gasteiger partial charge is 0.493 e. The smallest absolute Gasteiger partial charge is 0.240 e. The molecule has 2 heterocycles. The second-order valence-electron chi connectivity index (χ2n) is 12.3. The lowest BCUT2D eigenvalue weighted by molar-refractivity contribution is -0.142. The molecule has 0 atom stereocenters. The summed E-state index contributed by atoms with van der Waals surface area (Å²) in [7, 11) is 3.70. The second-order valence-corrected chi connectivity index (χ2v) is 12.3. The lowest BCUT2D eigenvalue weighted by Crippen LogP contribution is -2.50. The fourth-order valence-electron chi connectivity index (χ4n) is 5.93. The van der Waals surface area contributed by atoms with E-state index in [1.54, 1.807) is 31.5 Å². The summed E-state index contributed by atoms with van der Waals surface area (Å²) in [4.78, 5) is 35.6. The minimum absolute atomic E-state index is 0.0592. The van der Waals surface area contributed by atoms with E-state index in [4.69, 9.17) is 14.2 Å². The summed E-state index contributed by atoms with van der Waals surface area (Å²) in [5, 5.41) is 5.98. The number of halogens is 2. The van der Waals surface area contributed by atoms with Crippen molar-refractivity contribution in [3.63, 3.8) is 0 Å². The van der Waals surface area contributed by atoms with Crippen LogP contribution >= 0.6 is 0 Å². The van der Waals surface area contributed by atoms with Gasteiger partial charge in [0.2, 0.25) is 11.8 Å². The molecule has 1 saturated carbocycles. The molecule has 0 unspecified atom stereocenters. The molecule has 0 bridgehead atoms. The average Bonchev–Trinajstić information content (AvgIpc) is 3.05. The molecule has 1 aliphatic heterocycles. The van der Waals surface area contributed by atoms with Crippen LogP contribution in [0.25, 0.3) is 10.9 Å². The van der Waals surface area contributed by atoms with Crippen LogP contribution in [0.15, 0.2) is 66.9 Å². The number of amides is 2. The second kappa shape index (κ2) is 14.5. The molecule has 2 fully saturated rings. The van der Waals surface area contributed by atoms with E-state index in [1.807, 2.05) is 0 Å². The van der Waals surface area contributed by atoms with Crippen LogP contribution in [0.3, 0.4) is 0 Å². The Balaban J connectivity index is 1.10. The van der Waals surface area contributed by atoms with Gasteiger partial charge in [0.25, 0.3) is 0 Å². The molecule has 48 heavy (non-hydrogen) atoms. The predicted octanol–water partition coefficient (Wildman–Crippen LogP) is 6.08. The maximum Gasteiger partial charge on any atom is 0.240 e. The first-order valence-corrected chi connectivity index (χ1v) is 16.1. The molecule has 2 aliphatic rings. The lowest BCUT2D eigenvalue weighted by Gasteiger charge is -2.38. The normalized spacial score (nSPS) is 16.2. The number of ether oxygens (including phenoxy) is 3. The number of carbonyl (C=O) groups excluding carboxylic acids is 2. The summed E-state index contributed by atoms with van der Waals surface area (Å²) in [6.07, 6.45) is 3.83. The molecule has 252 valence electrons. The van der Waals surface area contributed by atoms with Crippen LogP contribution < -0.4 is 24.8 Å². The zero-order chi connectivity index (χ0) is 33.7. The Hall–Kier alpha value is -4.81. The third kappa shape index (κ3) is 7.34. The number of carbonyl (C=O) groups is 2. The van der Waals surface area contributed by atoms with Crippen molar-refractivity contribution >= 4 is 34.1 Å². The van der Waals surface area contributed by atoms with E-state index in [9.17, 15) is 14.0 Å². The van der Waals surface area contributed by atoms with E-state index >= 15 is 4.39 Å². The minimum Gasteiger partial charge on any atom is -0.493 e. The Bertz CT molecular complexity index is 1780. The third-order valence-corrected chi connectivity index (χ3v) is 9.05. The highest BCUT2D eigenvalue weighted by Crippen LogP contribution is 2.43. The monoisotopic (exact) mass is 659 g/mol. The third-order valence-electron chi connectivity index (χ3n) is 9.05. The van der Waals surface area contributed by atoms with Crippen molar-refractivity contribution in [3.05, 3.63) is 78.5 Å². The minimum atomic E-state index is -1.30. The van der Waals surface area contributed by atoms with Crippen LogP contribution in [0.2, 0.25) is 0 Å². The topological polar surface area (TPSA) is 105 Å². The molecule has 2 N–H and O–H groups in total. The molecule has 2 amide bonds. The predicted molar refractivity (Wildman–Crippen MR) is 179 cm³/mol. The molecule has 6 rings (SSSR count). The number of benzene rings is 3. The van der Waals surface area contributed by atoms with Crippen LogP contribution in [-0.4, -0.2) is 80.1 Å². The van der Waals surface area contributed by atoms with Gasteiger partial charge in [-0.3, -0.25) is 14.6 Å². The summed E-state index contributed by atoms with van der Waals surface area (Å²) < 4.78 is 46.3. The van der Waals surface area contributed by atoms with Gasteiger partial charge in [-0.15, -0.1) is 0 Å². The number of nitrogens with zero attached hydrogens (tertiary/aromatic N) is 3. The fraction of sp³-hybridized carbons (Fsp3) is 0.361. The molecule has 0 spiro atoms. The zero-order valence-corrected chi connectivity index (χ0v) is 27.1. The number of aromatic nitrogens is 1. The van der Waals surface area contributed by atoms with Crippen LogP contribution in [0, 0.1) is 17.0 Å². The molecule has 0 radical (unpaired) electrons. The van der Waals surface area contributed by atoms with Gasteiger partial charge in [0.15, 0.2) is 23.1 Å². The van der Waals surface area contributed by atoms with E-state index in [0.29, 0.717) is 59.7 Å². The number of pyridine rings is 1. The van der Waals surface area contributed by atoms with Crippen LogP contribution in [0.5, 0.6) is 23.0 Å². The molecular weight excluding hydrogens is 620 g/mol. The van der Waals surface area contributed by atoms with Crippen molar-refractivity contribution in [1.29, 1.82) is 0 Å². The van der Waals surface area contributed by atoms with E-state index in [1.165, 1.54) is 36.4 Å². The van der Waals surface area contributed by atoms with Gasteiger partial charge in [-0.1, -0.05) is 6.42 Å². The fourth-order valence-corrected chi connectivity index (χ4v) is 5.93. The summed E-state index contributed by atoms with van der Waals surface area (Å²) in [5.74, 6) is -0.789. The Morgan fingerprint density at radius 1 is 0.854 bits per heavy atom.